The van der Waals surface area contributed by atoms with Crippen molar-refractivity contribution in [3.05, 3.63) is 58.1 Å². The highest BCUT2D eigenvalue weighted by molar-refractivity contribution is 9.10. The smallest absolute Gasteiger partial charge is 0.259 e. The Morgan fingerprint density at radius 2 is 1.72 bits per heavy atom. The van der Waals surface area contributed by atoms with Crippen molar-refractivity contribution in [2.45, 2.75) is 38.3 Å². The fourth-order valence-corrected chi connectivity index (χ4v) is 4.61. The number of methoxy groups -OCH3 is 2. The number of nitrogens with one attached hydrogen (secondary N) is 1. The molecule has 2 aromatic rings. The van der Waals surface area contributed by atoms with E-state index in [0.29, 0.717) is 21.5 Å². The van der Waals surface area contributed by atoms with Gasteiger partial charge in [0.1, 0.15) is 17.1 Å². The Balaban J connectivity index is 2.01. The number of rotatable bonds is 7. The van der Waals surface area contributed by atoms with Crippen molar-refractivity contribution < 1.29 is 14.3 Å². The standard InChI is InChI=1S/C23H29BrN2O3/c1-23(2,26-14-8-9-15-26)21(16-10-6-5-7-11-16)25-22(27)19-18(28-3)13-12-17(24)20(19)29-4/h5-7,10-13,21H,8-9,14-15H2,1-4H3,(H,25,27). The van der Waals surface area contributed by atoms with Gasteiger partial charge in [0.2, 0.25) is 0 Å². The first-order valence-corrected chi connectivity index (χ1v) is 10.7. The van der Waals surface area contributed by atoms with E-state index in [9.17, 15) is 4.79 Å². The van der Waals surface area contributed by atoms with Gasteiger partial charge < -0.3 is 14.8 Å². The summed E-state index contributed by atoms with van der Waals surface area (Å²) in [6.07, 6.45) is 2.37. The highest BCUT2D eigenvalue weighted by atomic mass is 79.9. The van der Waals surface area contributed by atoms with Gasteiger partial charge >= 0.3 is 0 Å². The quantitative estimate of drug-likeness (QED) is 0.643. The lowest BCUT2D eigenvalue weighted by Gasteiger charge is -2.42. The fraction of sp³-hybridized carbons (Fsp3) is 0.435. The number of carbonyl (C=O) groups excluding carboxylic acids is 1. The van der Waals surface area contributed by atoms with Crippen LogP contribution in [-0.2, 0) is 0 Å². The molecule has 1 heterocycles. The van der Waals surface area contributed by atoms with Gasteiger partial charge in [-0.2, -0.15) is 0 Å². The van der Waals surface area contributed by atoms with Crippen molar-refractivity contribution in [3.8, 4) is 11.5 Å². The van der Waals surface area contributed by atoms with Crippen LogP contribution in [0.1, 0.15) is 48.7 Å². The number of hydrogen-bond acceptors (Lipinski definition) is 4. The average Bonchev–Trinajstić information content (AvgIpc) is 3.28. The second-order valence-corrected chi connectivity index (χ2v) is 8.68. The molecule has 1 N–H and O–H groups in total. The minimum atomic E-state index is -0.250. The maximum atomic E-state index is 13.5. The molecule has 6 heteroatoms. The van der Waals surface area contributed by atoms with Crippen molar-refractivity contribution in [1.29, 1.82) is 0 Å². The number of amides is 1. The lowest BCUT2D eigenvalue weighted by Crippen LogP contribution is -2.52. The van der Waals surface area contributed by atoms with Gasteiger partial charge in [-0.25, -0.2) is 0 Å². The molecule has 0 aliphatic carbocycles. The molecule has 2 aromatic carbocycles. The number of ether oxygens (including phenoxy) is 2. The summed E-state index contributed by atoms with van der Waals surface area (Å²) in [5.74, 6) is 0.724. The predicted molar refractivity (Wildman–Crippen MR) is 119 cm³/mol. The lowest BCUT2D eigenvalue weighted by molar-refractivity contribution is 0.0773. The van der Waals surface area contributed by atoms with Gasteiger partial charge in [-0.3, -0.25) is 9.69 Å². The molecule has 0 radical (unpaired) electrons. The van der Waals surface area contributed by atoms with Gasteiger partial charge in [-0.1, -0.05) is 30.3 Å². The topological polar surface area (TPSA) is 50.8 Å². The summed E-state index contributed by atoms with van der Waals surface area (Å²) in [6, 6.07) is 13.5. The molecule has 1 atom stereocenters. The van der Waals surface area contributed by atoms with E-state index in [4.69, 9.17) is 9.47 Å². The van der Waals surface area contributed by atoms with E-state index in [1.54, 1.807) is 20.3 Å². The molecular formula is C23H29BrN2O3. The first-order chi connectivity index (χ1) is 13.9. The maximum Gasteiger partial charge on any atom is 0.259 e. The number of hydrogen-bond donors (Lipinski definition) is 1. The van der Waals surface area contributed by atoms with Gasteiger partial charge in [0.05, 0.1) is 24.7 Å². The third-order valence-electron chi connectivity index (χ3n) is 5.76. The third kappa shape index (κ3) is 4.43. The van der Waals surface area contributed by atoms with Crippen LogP contribution in [-0.4, -0.2) is 43.7 Å². The first kappa shape index (κ1) is 21.7. The minimum Gasteiger partial charge on any atom is -0.496 e. The summed E-state index contributed by atoms with van der Waals surface area (Å²) in [5.41, 5.74) is 1.22. The van der Waals surface area contributed by atoms with Crippen molar-refractivity contribution in [2.75, 3.05) is 27.3 Å². The number of carbonyl (C=O) groups is 1. The molecule has 3 rings (SSSR count). The summed E-state index contributed by atoms with van der Waals surface area (Å²) < 4.78 is 11.7. The molecule has 0 saturated carbocycles. The van der Waals surface area contributed by atoms with Gasteiger partial charge in [0, 0.05) is 5.54 Å². The van der Waals surface area contributed by atoms with E-state index in [2.05, 4.69) is 52.1 Å². The van der Waals surface area contributed by atoms with Gasteiger partial charge in [-0.15, -0.1) is 0 Å². The van der Waals surface area contributed by atoms with E-state index in [1.807, 2.05) is 24.3 Å². The fourth-order valence-electron chi connectivity index (χ4n) is 4.12. The molecule has 1 saturated heterocycles. The van der Waals surface area contributed by atoms with Crippen LogP contribution in [0.3, 0.4) is 0 Å². The summed E-state index contributed by atoms with van der Waals surface area (Å²) in [4.78, 5) is 15.9. The van der Waals surface area contributed by atoms with Crippen LogP contribution in [0.5, 0.6) is 11.5 Å². The first-order valence-electron chi connectivity index (χ1n) is 9.91. The van der Waals surface area contributed by atoms with Crippen LogP contribution >= 0.6 is 15.9 Å². The molecule has 0 aromatic heterocycles. The normalized spacial score (nSPS) is 15.8. The van der Waals surface area contributed by atoms with E-state index in [1.165, 1.54) is 12.8 Å². The molecule has 5 nitrogen and oxygen atoms in total. The summed E-state index contributed by atoms with van der Waals surface area (Å²) in [5, 5.41) is 3.28. The number of benzene rings is 2. The summed E-state index contributed by atoms with van der Waals surface area (Å²) >= 11 is 3.47. The molecular weight excluding hydrogens is 432 g/mol. The zero-order valence-corrected chi connectivity index (χ0v) is 19.1. The molecule has 1 aliphatic heterocycles. The molecule has 1 aliphatic rings. The van der Waals surface area contributed by atoms with Gasteiger partial charge in [0.15, 0.2) is 0 Å². The molecule has 1 amide bonds. The van der Waals surface area contributed by atoms with Crippen LogP contribution in [0.25, 0.3) is 0 Å². The van der Waals surface area contributed by atoms with Crippen LogP contribution in [0, 0.1) is 0 Å². The predicted octanol–water partition coefficient (Wildman–Crippen LogP) is 4.81. The van der Waals surface area contributed by atoms with Gasteiger partial charge in [0.25, 0.3) is 5.91 Å². The van der Waals surface area contributed by atoms with Crippen LogP contribution in [0.4, 0.5) is 0 Å². The third-order valence-corrected chi connectivity index (χ3v) is 6.38. The minimum absolute atomic E-state index is 0.192. The Morgan fingerprint density at radius 1 is 1.07 bits per heavy atom. The Bertz CT molecular complexity index is 849. The van der Waals surface area contributed by atoms with E-state index in [-0.39, 0.29) is 17.5 Å². The lowest BCUT2D eigenvalue weighted by atomic mass is 9.86. The maximum absolute atomic E-state index is 13.5. The zero-order chi connectivity index (χ0) is 21.0. The molecule has 1 unspecified atom stereocenters. The highest BCUT2D eigenvalue weighted by Crippen LogP contribution is 2.38. The largest absolute Gasteiger partial charge is 0.496 e. The van der Waals surface area contributed by atoms with Crippen molar-refractivity contribution >= 4 is 21.8 Å². The molecule has 0 bridgehead atoms. The monoisotopic (exact) mass is 460 g/mol. The number of halogens is 1. The van der Waals surface area contributed by atoms with E-state index >= 15 is 0 Å². The summed E-state index contributed by atoms with van der Waals surface area (Å²) in [7, 11) is 3.11. The second kappa shape index (κ2) is 9.18. The van der Waals surface area contributed by atoms with Crippen LogP contribution < -0.4 is 14.8 Å². The Labute approximate surface area is 181 Å². The molecule has 1 fully saturated rings. The SMILES string of the molecule is COc1ccc(Br)c(OC)c1C(=O)NC(c1ccccc1)C(C)(C)N1CCCC1. The van der Waals surface area contributed by atoms with E-state index in [0.717, 1.165) is 18.7 Å². The zero-order valence-electron chi connectivity index (χ0n) is 17.5. The Kier molecular flexibility index (Phi) is 6.85. The summed E-state index contributed by atoms with van der Waals surface area (Å²) in [6.45, 7) is 6.47. The van der Waals surface area contributed by atoms with Crippen LogP contribution in [0.2, 0.25) is 0 Å². The molecule has 156 valence electrons. The number of likely N-dealkylation sites (tertiary alicyclic amines) is 1. The number of nitrogens with zero attached hydrogens (tertiary/aromatic N) is 1. The van der Waals surface area contributed by atoms with Gasteiger partial charge in [-0.05, 0) is 73.4 Å². The van der Waals surface area contributed by atoms with Crippen molar-refractivity contribution in [3.63, 3.8) is 0 Å². The second-order valence-electron chi connectivity index (χ2n) is 7.82. The average molecular weight is 461 g/mol. The Morgan fingerprint density at radius 3 is 2.31 bits per heavy atom. The van der Waals surface area contributed by atoms with E-state index < -0.39 is 0 Å². The van der Waals surface area contributed by atoms with Crippen LogP contribution in [0.15, 0.2) is 46.9 Å². The highest BCUT2D eigenvalue weighted by Gasteiger charge is 2.39. The van der Waals surface area contributed by atoms with Crippen molar-refractivity contribution in [1.82, 2.24) is 10.2 Å². The Hall–Kier alpha value is -2.05. The van der Waals surface area contributed by atoms with Crippen molar-refractivity contribution in [2.24, 2.45) is 0 Å². The molecule has 0 spiro atoms. The molecule has 29 heavy (non-hydrogen) atoms.